The first-order valence-electron chi connectivity index (χ1n) is 4.89. The van der Waals surface area contributed by atoms with Gasteiger partial charge in [0.05, 0.1) is 21.8 Å². The van der Waals surface area contributed by atoms with Gasteiger partial charge in [0.2, 0.25) is 9.05 Å². The van der Waals surface area contributed by atoms with Gasteiger partial charge in [0.25, 0.3) is 0 Å². The second-order valence-electron chi connectivity index (χ2n) is 3.44. The first-order chi connectivity index (χ1) is 8.70. The molecule has 0 unspecified atom stereocenters. The summed E-state index contributed by atoms with van der Waals surface area (Å²) in [6.45, 7) is -0.131. The molecule has 0 heterocycles. The topological polar surface area (TPSA) is 86.5 Å². The van der Waals surface area contributed by atoms with E-state index < -0.39 is 25.5 Å². The van der Waals surface area contributed by atoms with Gasteiger partial charge in [0.1, 0.15) is 5.82 Å². The van der Waals surface area contributed by atoms with Crippen LogP contribution in [0.4, 0.5) is 10.1 Å². The molecule has 0 aliphatic rings. The number of nitro benzene ring substituents is 1. The number of nitrogens with zero attached hydrogens (tertiary/aromatic N) is 1. The Labute approximate surface area is 121 Å². The van der Waals surface area contributed by atoms with E-state index in [1.807, 2.05) is 0 Å². The molecule has 10 heteroatoms. The quantitative estimate of drug-likeness (QED) is 0.330. The first kappa shape index (κ1) is 16.1. The third kappa shape index (κ3) is 5.29. The summed E-state index contributed by atoms with van der Waals surface area (Å²) < 4.78 is 39.5. The Morgan fingerprint density at radius 3 is 2.63 bits per heavy atom. The molecule has 0 aliphatic heterocycles. The van der Waals surface area contributed by atoms with Crippen LogP contribution in [0, 0.1) is 15.9 Å². The average molecular weight is 377 g/mol. The highest BCUT2D eigenvalue weighted by atomic mass is 79.9. The Morgan fingerprint density at radius 2 is 2.11 bits per heavy atom. The molecule has 0 aliphatic carbocycles. The zero-order valence-electron chi connectivity index (χ0n) is 9.31. The van der Waals surface area contributed by atoms with Crippen LogP contribution in [-0.2, 0) is 9.05 Å². The summed E-state index contributed by atoms with van der Waals surface area (Å²) in [6.07, 6.45) is 0.0423. The second-order valence-corrected chi connectivity index (χ2v) is 7.19. The lowest BCUT2D eigenvalue weighted by atomic mass is 10.3. The highest BCUT2D eigenvalue weighted by molar-refractivity contribution is 9.10. The molecular formula is C9H8BrClFNO5S. The van der Waals surface area contributed by atoms with Crippen molar-refractivity contribution in [2.75, 3.05) is 12.4 Å². The van der Waals surface area contributed by atoms with Crippen molar-refractivity contribution < 1.29 is 22.5 Å². The number of hydrogen-bond acceptors (Lipinski definition) is 5. The van der Waals surface area contributed by atoms with Gasteiger partial charge in [-0.25, -0.2) is 12.8 Å². The molecule has 1 aromatic rings. The molecule has 0 fully saturated rings. The van der Waals surface area contributed by atoms with Gasteiger partial charge in [-0.05, 0) is 22.4 Å². The van der Waals surface area contributed by atoms with Crippen molar-refractivity contribution in [3.63, 3.8) is 0 Å². The molecule has 0 radical (unpaired) electrons. The molecule has 1 aromatic carbocycles. The van der Waals surface area contributed by atoms with Gasteiger partial charge in [-0.3, -0.25) is 10.1 Å². The van der Waals surface area contributed by atoms with E-state index >= 15 is 0 Å². The minimum Gasteiger partial charge on any atom is -0.487 e. The minimum absolute atomic E-state index is 0.0423. The van der Waals surface area contributed by atoms with E-state index in [2.05, 4.69) is 15.9 Å². The highest BCUT2D eigenvalue weighted by Crippen LogP contribution is 2.32. The highest BCUT2D eigenvalue weighted by Gasteiger charge is 2.19. The zero-order valence-corrected chi connectivity index (χ0v) is 12.5. The lowest BCUT2D eigenvalue weighted by molar-refractivity contribution is -0.386. The van der Waals surface area contributed by atoms with Gasteiger partial charge in [-0.2, -0.15) is 0 Å². The Bertz CT molecular complexity index is 595. The van der Waals surface area contributed by atoms with E-state index in [0.29, 0.717) is 0 Å². The molecule has 0 saturated carbocycles. The third-order valence-corrected chi connectivity index (χ3v) is 3.84. The van der Waals surface area contributed by atoms with Crippen molar-refractivity contribution >= 4 is 41.4 Å². The van der Waals surface area contributed by atoms with Crippen LogP contribution in [0.25, 0.3) is 0 Å². The molecule has 6 nitrogen and oxygen atoms in total. The summed E-state index contributed by atoms with van der Waals surface area (Å²) >= 11 is 2.82. The van der Waals surface area contributed by atoms with Crippen LogP contribution < -0.4 is 4.74 Å². The van der Waals surface area contributed by atoms with Crippen molar-refractivity contribution in [3.8, 4) is 5.75 Å². The smallest absolute Gasteiger partial charge is 0.312 e. The summed E-state index contributed by atoms with van der Waals surface area (Å²) in [5.74, 6) is -1.32. The molecule has 1 rings (SSSR count). The van der Waals surface area contributed by atoms with E-state index in [1.165, 1.54) is 0 Å². The van der Waals surface area contributed by atoms with Gasteiger partial charge in [-0.15, -0.1) is 0 Å². The Balaban J connectivity index is 2.77. The Hall–Kier alpha value is -0.930. The van der Waals surface area contributed by atoms with Crippen molar-refractivity contribution in [1.29, 1.82) is 0 Å². The van der Waals surface area contributed by atoms with Crippen LogP contribution >= 0.6 is 26.6 Å². The second kappa shape index (κ2) is 6.49. The molecule has 106 valence electrons. The van der Waals surface area contributed by atoms with E-state index in [1.54, 1.807) is 0 Å². The third-order valence-electron chi connectivity index (χ3n) is 1.99. The predicted octanol–water partition coefficient (Wildman–Crippen LogP) is 2.83. The standard InChI is InChI=1S/C9H8BrClFNO5S/c10-6-4-8(13(14)15)9(5-7(6)12)18-2-1-3-19(11,16)17/h4-5H,1-3H2. The summed E-state index contributed by atoms with van der Waals surface area (Å²) in [6, 6.07) is 1.83. The first-order valence-corrected chi connectivity index (χ1v) is 8.16. The number of benzene rings is 1. The van der Waals surface area contributed by atoms with Gasteiger partial charge < -0.3 is 4.74 Å². The van der Waals surface area contributed by atoms with Crippen LogP contribution in [0.2, 0.25) is 0 Å². The molecule has 0 saturated heterocycles. The van der Waals surface area contributed by atoms with Crippen LogP contribution in [0.5, 0.6) is 5.75 Å². The molecule has 19 heavy (non-hydrogen) atoms. The van der Waals surface area contributed by atoms with E-state index in [0.717, 1.165) is 12.1 Å². The van der Waals surface area contributed by atoms with Crippen molar-refractivity contribution in [2.45, 2.75) is 6.42 Å². The zero-order chi connectivity index (χ0) is 14.6. The Kier molecular flexibility index (Phi) is 5.50. The summed E-state index contributed by atoms with van der Waals surface area (Å²) in [4.78, 5) is 10.0. The summed E-state index contributed by atoms with van der Waals surface area (Å²) in [5, 5.41) is 10.7. The molecule has 0 aromatic heterocycles. The lowest BCUT2D eigenvalue weighted by Gasteiger charge is -2.07. The van der Waals surface area contributed by atoms with E-state index in [-0.39, 0.29) is 29.0 Å². The summed E-state index contributed by atoms with van der Waals surface area (Å²) in [7, 11) is 1.34. The maximum Gasteiger partial charge on any atom is 0.312 e. The van der Waals surface area contributed by atoms with Gasteiger partial charge in [0, 0.05) is 22.8 Å². The van der Waals surface area contributed by atoms with E-state index in [4.69, 9.17) is 15.4 Å². The maximum atomic E-state index is 13.3. The number of halogens is 3. The van der Waals surface area contributed by atoms with Crippen molar-refractivity contribution in [2.24, 2.45) is 0 Å². The largest absolute Gasteiger partial charge is 0.487 e. The van der Waals surface area contributed by atoms with Gasteiger partial charge >= 0.3 is 5.69 Å². The van der Waals surface area contributed by atoms with Crippen LogP contribution in [-0.4, -0.2) is 25.7 Å². The van der Waals surface area contributed by atoms with Crippen LogP contribution in [0.3, 0.4) is 0 Å². The molecule has 0 amide bonds. The fourth-order valence-corrected chi connectivity index (χ4v) is 2.31. The molecule has 0 atom stereocenters. The SMILES string of the molecule is O=[N+]([O-])c1cc(Br)c(F)cc1OCCCS(=O)(=O)Cl. The summed E-state index contributed by atoms with van der Waals surface area (Å²) in [5.41, 5.74) is -0.415. The number of hydrogen-bond donors (Lipinski definition) is 0. The normalized spacial score (nSPS) is 11.3. The fraction of sp³-hybridized carbons (Fsp3) is 0.333. The predicted molar refractivity (Wildman–Crippen MR) is 70.5 cm³/mol. The number of rotatable bonds is 6. The minimum atomic E-state index is -3.64. The average Bonchev–Trinajstić information content (AvgIpc) is 2.27. The number of ether oxygens (including phenoxy) is 1. The Morgan fingerprint density at radius 1 is 1.47 bits per heavy atom. The lowest BCUT2D eigenvalue weighted by Crippen LogP contribution is -2.06. The van der Waals surface area contributed by atoms with Crippen LogP contribution in [0.15, 0.2) is 16.6 Å². The van der Waals surface area contributed by atoms with Gasteiger partial charge in [-0.1, -0.05) is 0 Å². The van der Waals surface area contributed by atoms with E-state index in [9.17, 15) is 22.9 Å². The molecular weight excluding hydrogens is 369 g/mol. The monoisotopic (exact) mass is 375 g/mol. The number of nitro groups is 1. The van der Waals surface area contributed by atoms with Crippen LogP contribution in [0.1, 0.15) is 6.42 Å². The van der Waals surface area contributed by atoms with Gasteiger partial charge in [0.15, 0.2) is 5.75 Å². The molecule has 0 bridgehead atoms. The van der Waals surface area contributed by atoms with Crippen molar-refractivity contribution in [3.05, 3.63) is 32.5 Å². The molecule has 0 N–H and O–H groups in total. The maximum absolute atomic E-state index is 13.3. The van der Waals surface area contributed by atoms with Crippen molar-refractivity contribution in [1.82, 2.24) is 0 Å². The molecule has 0 spiro atoms. The fourth-order valence-electron chi connectivity index (χ4n) is 1.19.